The zero-order valence-electron chi connectivity index (χ0n) is 16.3. The van der Waals surface area contributed by atoms with Gasteiger partial charge >= 0.3 is 0 Å². The van der Waals surface area contributed by atoms with E-state index in [0.717, 1.165) is 39.3 Å². The summed E-state index contributed by atoms with van der Waals surface area (Å²) in [7, 11) is 1.84. The average Bonchev–Trinajstić information content (AvgIpc) is 3.02. The third-order valence-corrected chi connectivity index (χ3v) is 6.34. The van der Waals surface area contributed by atoms with Gasteiger partial charge in [0, 0.05) is 57.8 Å². The Morgan fingerprint density at radius 1 is 1.07 bits per heavy atom. The van der Waals surface area contributed by atoms with Crippen LogP contribution in [0.1, 0.15) is 24.1 Å². The summed E-state index contributed by atoms with van der Waals surface area (Å²) in [5, 5.41) is 0. The molecule has 2 aromatic heterocycles. The maximum atomic E-state index is 5.61. The molecule has 0 radical (unpaired) electrons. The lowest BCUT2D eigenvalue weighted by Crippen LogP contribution is -2.45. The minimum absolute atomic E-state index is 0.388. The van der Waals surface area contributed by atoms with Crippen LogP contribution >= 0.6 is 0 Å². The molecule has 1 atom stereocenters. The predicted octanol–water partition coefficient (Wildman–Crippen LogP) is 2.84. The number of piperidine rings is 1. The maximum absolute atomic E-state index is 5.61. The Morgan fingerprint density at radius 3 is 2.67 bits per heavy atom. The standard InChI is InChI=1S/C22H30N4O/c1-27-17-20-15-26(14-19-5-4-9-23-13-19)18-22(20)7-11-25(12-8-22)16-21-6-2-3-10-24-21/h2-6,9-10,13,20H,7-8,11-12,14-18H2,1H3. The highest BCUT2D eigenvalue weighted by atomic mass is 16.5. The van der Waals surface area contributed by atoms with Crippen molar-refractivity contribution in [3.05, 3.63) is 60.2 Å². The van der Waals surface area contributed by atoms with E-state index in [1.54, 1.807) is 0 Å². The fraction of sp³-hybridized carbons (Fsp3) is 0.545. The number of ether oxygens (including phenoxy) is 1. The Bertz CT molecular complexity index is 701. The van der Waals surface area contributed by atoms with E-state index >= 15 is 0 Å². The van der Waals surface area contributed by atoms with Crippen molar-refractivity contribution in [3.8, 4) is 0 Å². The highest BCUT2D eigenvalue weighted by Crippen LogP contribution is 2.45. The molecule has 5 heteroatoms. The molecule has 1 spiro atoms. The number of hydrogen-bond donors (Lipinski definition) is 0. The molecule has 0 bridgehead atoms. The predicted molar refractivity (Wildman–Crippen MR) is 106 cm³/mol. The number of likely N-dealkylation sites (tertiary alicyclic amines) is 2. The van der Waals surface area contributed by atoms with Crippen molar-refractivity contribution in [2.75, 3.05) is 39.9 Å². The van der Waals surface area contributed by atoms with Crippen LogP contribution in [0.2, 0.25) is 0 Å². The summed E-state index contributed by atoms with van der Waals surface area (Å²) in [6.07, 6.45) is 8.23. The van der Waals surface area contributed by atoms with Gasteiger partial charge in [0.2, 0.25) is 0 Å². The third kappa shape index (κ3) is 4.37. The van der Waals surface area contributed by atoms with Gasteiger partial charge in [0.1, 0.15) is 0 Å². The fourth-order valence-corrected chi connectivity index (χ4v) is 4.89. The second-order valence-corrected chi connectivity index (χ2v) is 8.14. The number of hydrogen-bond acceptors (Lipinski definition) is 5. The molecular formula is C22H30N4O. The smallest absolute Gasteiger partial charge is 0.0543 e. The second-order valence-electron chi connectivity index (χ2n) is 8.14. The molecular weight excluding hydrogens is 336 g/mol. The molecule has 2 aliphatic heterocycles. The molecule has 1 unspecified atom stereocenters. The second kappa shape index (κ2) is 8.46. The average molecular weight is 367 g/mol. The minimum atomic E-state index is 0.388. The van der Waals surface area contributed by atoms with Gasteiger partial charge in [0.05, 0.1) is 12.3 Å². The van der Waals surface area contributed by atoms with Gasteiger partial charge in [-0.15, -0.1) is 0 Å². The van der Waals surface area contributed by atoms with Gasteiger partial charge in [-0.3, -0.25) is 19.8 Å². The molecule has 0 aliphatic carbocycles. The molecule has 4 heterocycles. The van der Waals surface area contributed by atoms with Crippen LogP contribution in [0.4, 0.5) is 0 Å². The highest BCUT2D eigenvalue weighted by Gasteiger charge is 2.47. The molecule has 5 nitrogen and oxygen atoms in total. The summed E-state index contributed by atoms with van der Waals surface area (Å²) in [5.41, 5.74) is 2.86. The molecule has 0 N–H and O–H groups in total. The zero-order valence-corrected chi connectivity index (χ0v) is 16.3. The number of pyridine rings is 2. The lowest BCUT2D eigenvalue weighted by Gasteiger charge is -2.42. The monoisotopic (exact) mass is 366 g/mol. The van der Waals surface area contributed by atoms with Gasteiger partial charge in [0.25, 0.3) is 0 Å². The molecule has 2 fully saturated rings. The molecule has 0 saturated carbocycles. The van der Waals surface area contributed by atoms with Crippen LogP contribution in [0.15, 0.2) is 48.9 Å². The zero-order chi connectivity index (χ0) is 18.5. The minimum Gasteiger partial charge on any atom is -0.384 e. The SMILES string of the molecule is COCC1CN(Cc2cccnc2)CC12CCN(Cc1ccccn1)CC2. The van der Waals surface area contributed by atoms with Crippen molar-refractivity contribution < 1.29 is 4.74 Å². The van der Waals surface area contributed by atoms with Crippen molar-refractivity contribution in [3.63, 3.8) is 0 Å². The topological polar surface area (TPSA) is 41.5 Å². The third-order valence-electron chi connectivity index (χ3n) is 6.34. The van der Waals surface area contributed by atoms with E-state index in [2.05, 4.69) is 38.0 Å². The Morgan fingerprint density at radius 2 is 1.96 bits per heavy atom. The summed E-state index contributed by atoms with van der Waals surface area (Å²) in [6, 6.07) is 10.4. The molecule has 2 saturated heterocycles. The van der Waals surface area contributed by atoms with E-state index in [4.69, 9.17) is 4.74 Å². The molecule has 144 valence electrons. The highest BCUT2D eigenvalue weighted by molar-refractivity contribution is 5.10. The summed E-state index contributed by atoms with van der Waals surface area (Å²) in [5.74, 6) is 0.621. The van der Waals surface area contributed by atoms with Crippen LogP contribution in [0.3, 0.4) is 0 Å². The number of aromatic nitrogens is 2. The van der Waals surface area contributed by atoms with E-state index < -0.39 is 0 Å². The van der Waals surface area contributed by atoms with Gasteiger partial charge in [-0.05, 0) is 55.1 Å². The molecule has 2 aliphatic rings. The van der Waals surface area contributed by atoms with Crippen molar-refractivity contribution >= 4 is 0 Å². The fourth-order valence-electron chi connectivity index (χ4n) is 4.89. The van der Waals surface area contributed by atoms with Crippen molar-refractivity contribution in [1.82, 2.24) is 19.8 Å². The number of methoxy groups -OCH3 is 1. The Balaban J connectivity index is 1.38. The van der Waals surface area contributed by atoms with Crippen molar-refractivity contribution in [2.45, 2.75) is 25.9 Å². The Hall–Kier alpha value is -1.82. The first-order valence-corrected chi connectivity index (χ1v) is 10.00. The van der Waals surface area contributed by atoms with E-state index in [1.807, 2.05) is 37.8 Å². The lowest BCUT2D eigenvalue weighted by atomic mass is 9.71. The van der Waals surface area contributed by atoms with E-state index in [1.165, 1.54) is 30.6 Å². The van der Waals surface area contributed by atoms with E-state index in [-0.39, 0.29) is 0 Å². The number of rotatable bonds is 6. The van der Waals surface area contributed by atoms with Gasteiger partial charge < -0.3 is 4.74 Å². The van der Waals surface area contributed by atoms with Gasteiger partial charge in [0.15, 0.2) is 0 Å². The largest absolute Gasteiger partial charge is 0.384 e. The van der Waals surface area contributed by atoms with Crippen LogP contribution in [0.25, 0.3) is 0 Å². The van der Waals surface area contributed by atoms with Gasteiger partial charge in [-0.1, -0.05) is 12.1 Å². The van der Waals surface area contributed by atoms with Crippen molar-refractivity contribution in [2.24, 2.45) is 11.3 Å². The maximum Gasteiger partial charge on any atom is 0.0543 e. The summed E-state index contributed by atoms with van der Waals surface area (Å²) >= 11 is 0. The lowest BCUT2D eigenvalue weighted by molar-refractivity contribution is 0.0347. The first kappa shape index (κ1) is 18.5. The van der Waals surface area contributed by atoms with Crippen LogP contribution in [0.5, 0.6) is 0 Å². The summed E-state index contributed by atoms with van der Waals surface area (Å²) in [6.45, 7) is 7.42. The van der Waals surface area contributed by atoms with Crippen molar-refractivity contribution in [1.29, 1.82) is 0 Å². The first-order valence-electron chi connectivity index (χ1n) is 10.00. The van der Waals surface area contributed by atoms with Crippen LogP contribution < -0.4 is 0 Å². The number of nitrogens with zero attached hydrogens (tertiary/aromatic N) is 4. The van der Waals surface area contributed by atoms with E-state index in [9.17, 15) is 0 Å². The van der Waals surface area contributed by atoms with Gasteiger partial charge in [-0.2, -0.15) is 0 Å². The summed E-state index contributed by atoms with van der Waals surface area (Å²) < 4.78 is 5.61. The summed E-state index contributed by atoms with van der Waals surface area (Å²) in [4.78, 5) is 13.9. The Kier molecular flexibility index (Phi) is 5.81. The molecule has 4 rings (SSSR count). The molecule has 2 aromatic rings. The Labute approximate surface area is 162 Å². The normalized spacial score (nSPS) is 23.1. The molecule has 27 heavy (non-hydrogen) atoms. The van der Waals surface area contributed by atoms with Gasteiger partial charge in [-0.25, -0.2) is 0 Å². The molecule has 0 aromatic carbocycles. The van der Waals surface area contributed by atoms with Crippen LogP contribution in [-0.2, 0) is 17.8 Å². The van der Waals surface area contributed by atoms with Crippen LogP contribution in [-0.4, -0.2) is 59.7 Å². The quantitative estimate of drug-likeness (QED) is 0.786. The van der Waals surface area contributed by atoms with Crippen LogP contribution in [0, 0.1) is 11.3 Å². The first-order chi connectivity index (χ1) is 13.3. The molecule has 0 amide bonds. The van der Waals surface area contributed by atoms with E-state index in [0.29, 0.717) is 11.3 Å².